The first-order valence-corrected chi connectivity index (χ1v) is 8.86. The second-order valence-corrected chi connectivity index (χ2v) is 7.66. The Morgan fingerprint density at radius 2 is 1.55 bits per heavy atom. The Labute approximate surface area is 133 Å². The van der Waals surface area contributed by atoms with Gasteiger partial charge in [-0.2, -0.15) is 0 Å². The lowest BCUT2D eigenvalue weighted by molar-refractivity contribution is 0.566. The topological polar surface area (TPSA) is 46.2 Å². The molecule has 0 heterocycles. The summed E-state index contributed by atoms with van der Waals surface area (Å²) in [6.07, 6.45) is 0. The van der Waals surface area contributed by atoms with E-state index in [9.17, 15) is 8.42 Å². The molecule has 0 amide bonds. The third kappa shape index (κ3) is 3.57. The summed E-state index contributed by atoms with van der Waals surface area (Å²) in [6, 6.07) is 11.0. The molecule has 0 bridgehead atoms. The van der Waals surface area contributed by atoms with E-state index in [1.54, 1.807) is 12.1 Å². The van der Waals surface area contributed by atoms with Crippen LogP contribution >= 0.6 is 0 Å². The highest BCUT2D eigenvalue weighted by Gasteiger charge is 2.19. The summed E-state index contributed by atoms with van der Waals surface area (Å²) in [7, 11) is -3.52. The molecular weight excluding hydrogens is 294 g/mol. The van der Waals surface area contributed by atoms with Crippen LogP contribution < -0.4 is 4.72 Å². The maximum Gasteiger partial charge on any atom is 0.241 e. The van der Waals surface area contributed by atoms with Gasteiger partial charge in [0.1, 0.15) is 0 Å². The van der Waals surface area contributed by atoms with E-state index in [1.165, 1.54) is 5.56 Å². The number of rotatable bonds is 4. The Hall–Kier alpha value is -1.65. The molecule has 0 aliphatic carbocycles. The molecule has 0 saturated heterocycles. The highest BCUT2D eigenvalue weighted by Crippen LogP contribution is 2.22. The van der Waals surface area contributed by atoms with Crippen molar-refractivity contribution in [1.82, 2.24) is 4.72 Å². The normalized spacial score (nSPS) is 13.1. The Kier molecular flexibility index (Phi) is 4.73. The molecule has 0 aliphatic rings. The molecule has 3 nitrogen and oxygen atoms in total. The van der Waals surface area contributed by atoms with E-state index >= 15 is 0 Å². The van der Waals surface area contributed by atoms with E-state index in [0.717, 1.165) is 22.3 Å². The first-order valence-electron chi connectivity index (χ1n) is 7.37. The number of hydrogen-bond donors (Lipinski definition) is 1. The van der Waals surface area contributed by atoms with Crippen molar-refractivity contribution in [3.63, 3.8) is 0 Å². The maximum absolute atomic E-state index is 12.5. The molecule has 2 rings (SSSR count). The van der Waals surface area contributed by atoms with Crippen LogP contribution in [0.25, 0.3) is 0 Å². The number of nitrogens with one attached hydrogen (secondary N) is 1. The summed E-state index contributed by atoms with van der Waals surface area (Å²) in [4.78, 5) is 0.312. The van der Waals surface area contributed by atoms with Crippen molar-refractivity contribution in [2.24, 2.45) is 0 Å². The first-order chi connectivity index (χ1) is 10.2. The van der Waals surface area contributed by atoms with Crippen LogP contribution in [0, 0.1) is 27.7 Å². The van der Waals surface area contributed by atoms with Gasteiger partial charge in [-0.3, -0.25) is 0 Å². The van der Waals surface area contributed by atoms with Gasteiger partial charge in [0.25, 0.3) is 0 Å². The average Bonchev–Trinajstić information content (AvgIpc) is 2.40. The van der Waals surface area contributed by atoms with Crippen LogP contribution in [0.15, 0.2) is 41.3 Å². The summed E-state index contributed by atoms with van der Waals surface area (Å²) in [6.45, 7) is 9.79. The lowest BCUT2D eigenvalue weighted by atomic mass is 10.0. The summed E-state index contributed by atoms with van der Waals surface area (Å²) in [5.74, 6) is 0. The fraction of sp³-hybridized carbons (Fsp3) is 0.333. The van der Waals surface area contributed by atoms with E-state index in [4.69, 9.17) is 0 Å². The van der Waals surface area contributed by atoms with Gasteiger partial charge in [0, 0.05) is 6.04 Å². The second kappa shape index (κ2) is 6.23. The van der Waals surface area contributed by atoms with Crippen LogP contribution in [0.4, 0.5) is 0 Å². The van der Waals surface area contributed by atoms with Gasteiger partial charge in [-0.25, -0.2) is 13.1 Å². The van der Waals surface area contributed by atoms with E-state index < -0.39 is 10.0 Å². The van der Waals surface area contributed by atoms with Gasteiger partial charge in [0.05, 0.1) is 4.90 Å². The quantitative estimate of drug-likeness (QED) is 0.928. The van der Waals surface area contributed by atoms with Crippen LogP contribution in [0.5, 0.6) is 0 Å². The molecular formula is C18H23NO2S. The first kappa shape index (κ1) is 16.7. The summed E-state index contributed by atoms with van der Waals surface area (Å²) in [5, 5.41) is 0. The summed E-state index contributed by atoms with van der Waals surface area (Å²) >= 11 is 0. The molecule has 0 aromatic heterocycles. The lowest BCUT2D eigenvalue weighted by Crippen LogP contribution is -2.27. The summed E-state index contributed by atoms with van der Waals surface area (Å²) in [5.41, 5.74) is 5.32. The number of hydrogen-bond acceptors (Lipinski definition) is 2. The zero-order chi connectivity index (χ0) is 16.5. The molecule has 22 heavy (non-hydrogen) atoms. The monoisotopic (exact) mass is 317 g/mol. The molecule has 0 saturated carbocycles. The van der Waals surface area contributed by atoms with Crippen LogP contribution in [0.3, 0.4) is 0 Å². The maximum atomic E-state index is 12.5. The largest absolute Gasteiger partial charge is 0.241 e. The zero-order valence-corrected chi connectivity index (χ0v) is 14.6. The molecule has 2 aromatic rings. The van der Waals surface area contributed by atoms with Crippen molar-refractivity contribution in [3.05, 3.63) is 64.2 Å². The number of aryl methyl sites for hydroxylation is 4. The van der Waals surface area contributed by atoms with Gasteiger partial charge in [0.2, 0.25) is 10.0 Å². The molecule has 1 unspecified atom stereocenters. The Morgan fingerprint density at radius 1 is 0.864 bits per heavy atom. The van der Waals surface area contributed by atoms with E-state index in [2.05, 4.69) is 10.8 Å². The second-order valence-electron chi connectivity index (χ2n) is 5.95. The molecule has 1 atom stereocenters. The van der Waals surface area contributed by atoms with Crippen molar-refractivity contribution < 1.29 is 8.42 Å². The Bertz CT molecular complexity index is 795. The van der Waals surface area contributed by atoms with Crippen molar-refractivity contribution in [2.45, 2.75) is 45.6 Å². The van der Waals surface area contributed by atoms with Gasteiger partial charge < -0.3 is 0 Å². The molecule has 4 heteroatoms. The summed E-state index contributed by atoms with van der Waals surface area (Å²) < 4.78 is 27.9. The number of sulfonamides is 1. The third-order valence-electron chi connectivity index (χ3n) is 4.01. The van der Waals surface area contributed by atoms with Crippen LogP contribution in [0.2, 0.25) is 0 Å². The SMILES string of the molecule is Cc1ccc(C(C)NS(=O)(=O)c2ccc(C)c(C)c2)c(C)c1. The minimum absolute atomic E-state index is 0.271. The van der Waals surface area contributed by atoms with Gasteiger partial charge in [-0.05, 0) is 69.0 Å². The molecule has 0 radical (unpaired) electrons. The fourth-order valence-electron chi connectivity index (χ4n) is 2.56. The number of benzene rings is 2. The fourth-order valence-corrected chi connectivity index (χ4v) is 3.86. The van der Waals surface area contributed by atoms with Crippen molar-refractivity contribution >= 4 is 10.0 Å². The highest BCUT2D eigenvalue weighted by molar-refractivity contribution is 7.89. The minimum atomic E-state index is -3.52. The average molecular weight is 317 g/mol. The van der Waals surface area contributed by atoms with E-state index in [0.29, 0.717) is 4.90 Å². The molecule has 0 fully saturated rings. The zero-order valence-electron chi connectivity index (χ0n) is 13.8. The van der Waals surface area contributed by atoms with Crippen LogP contribution in [-0.2, 0) is 10.0 Å². The predicted molar refractivity (Wildman–Crippen MR) is 90.6 cm³/mol. The Balaban J connectivity index is 2.29. The van der Waals surface area contributed by atoms with Crippen molar-refractivity contribution in [2.75, 3.05) is 0 Å². The molecule has 0 aliphatic heterocycles. The molecule has 118 valence electrons. The van der Waals surface area contributed by atoms with Gasteiger partial charge >= 0.3 is 0 Å². The Morgan fingerprint density at radius 3 is 2.14 bits per heavy atom. The lowest BCUT2D eigenvalue weighted by Gasteiger charge is -2.17. The van der Waals surface area contributed by atoms with Gasteiger partial charge in [-0.15, -0.1) is 0 Å². The van der Waals surface area contributed by atoms with Crippen LogP contribution in [0.1, 0.15) is 40.8 Å². The van der Waals surface area contributed by atoms with Crippen LogP contribution in [-0.4, -0.2) is 8.42 Å². The minimum Gasteiger partial charge on any atom is -0.207 e. The van der Waals surface area contributed by atoms with Crippen molar-refractivity contribution in [1.29, 1.82) is 0 Å². The van der Waals surface area contributed by atoms with Gasteiger partial charge in [0.15, 0.2) is 0 Å². The van der Waals surface area contributed by atoms with Gasteiger partial charge in [-0.1, -0.05) is 29.8 Å². The highest BCUT2D eigenvalue weighted by atomic mass is 32.2. The molecule has 2 aromatic carbocycles. The van der Waals surface area contributed by atoms with E-state index in [-0.39, 0.29) is 6.04 Å². The molecule has 0 spiro atoms. The van der Waals surface area contributed by atoms with Crippen molar-refractivity contribution in [3.8, 4) is 0 Å². The third-order valence-corrected chi connectivity index (χ3v) is 5.55. The molecule has 1 N–H and O–H groups in total. The smallest absolute Gasteiger partial charge is 0.207 e. The standard InChI is InChI=1S/C18H23NO2S/c1-12-6-9-18(15(4)10-12)16(5)19-22(20,21)17-8-7-13(2)14(3)11-17/h6-11,16,19H,1-5H3. The predicted octanol–water partition coefficient (Wildman–Crippen LogP) is 3.96. The van der Waals surface area contributed by atoms with E-state index in [1.807, 2.05) is 52.8 Å².